The highest BCUT2D eigenvalue weighted by Gasteiger charge is 2.18. The normalized spacial score (nSPS) is 13.8. The molecule has 2 unspecified atom stereocenters. The molecular weight excluding hydrogens is 272 g/mol. The highest BCUT2D eigenvalue weighted by Crippen LogP contribution is 2.20. The monoisotopic (exact) mass is 290 g/mol. The summed E-state index contributed by atoms with van der Waals surface area (Å²) in [7, 11) is 0. The van der Waals surface area contributed by atoms with Crippen molar-refractivity contribution >= 4 is 17.7 Å². The largest absolute Gasteiger partial charge is 0.349 e. The fraction of sp³-hybridized carbons (Fsp3) is 0.357. The zero-order valence-electron chi connectivity index (χ0n) is 11.8. The Balaban J connectivity index is 1.91. The number of benzene rings is 1. The Morgan fingerprint density at radius 1 is 1.30 bits per heavy atom. The van der Waals surface area contributed by atoms with Crippen LogP contribution in [0.15, 0.2) is 35.5 Å². The van der Waals surface area contributed by atoms with Gasteiger partial charge in [0.25, 0.3) is 0 Å². The third-order valence-electron chi connectivity index (χ3n) is 2.89. The molecule has 2 atom stereocenters. The predicted molar refractivity (Wildman–Crippen MR) is 79.4 cm³/mol. The number of H-pyrrole nitrogens is 1. The summed E-state index contributed by atoms with van der Waals surface area (Å²) >= 11 is 1.34. The molecule has 1 amide bonds. The molecule has 20 heavy (non-hydrogen) atoms. The fourth-order valence-corrected chi connectivity index (χ4v) is 2.52. The molecule has 1 aromatic carbocycles. The molecule has 0 fully saturated rings. The first-order valence-corrected chi connectivity index (χ1v) is 7.35. The van der Waals surface area contributed by atoms with Crippen molar-refractivity contribution in [2.24, 2.45) is 0 Å². The summed E-state index contributed by atoms with van der Waals surface area (Å²) in [6, 6.07) is 9.88. The standard InChI is InChI=1S/C14H18N4OS/c1-9(12-7-5-4-6-8-12)15-13(19)10(2)20-14-16-11(3)17-18-14/h4-10H,1-3H3,(H,15,19)(H,16,17,18). The Hall–Kier alpha value is -1.82. The number of rotatable bonds is 5. The maximum Gasteiger partial charge on any atom is 0.233 e. The number of hydrogen-bond acceptors (Lipinski definition) is 4. The van der Waals surface area contributed by atoms with Crippen LogP contribution in [0.3, 0.4) is 0 Å². The Morgan fingerprint density at radius 3 is 2.60 bits per heavy atom. The first-order chi connectivity index (χ1) is 9.56. The molecule has 5 nitrogen and oxygen atoms in total. The second kappa shape index (κ2) is 6.56. The quantitative estimate of drug-likeness (QED) is 0.830. The van der Waals surface area contributed by atoms with Crippen LogP contribution in [0.5, 0.6) is 0 Å². The molecule has 2 N–H and O–H groups in total. The third kappa shape index (κ3) is 3.84. The molecule has 0 saturated heterocycles. The van der Waals surface area contributed by atoms with Crippen LogP contribution in [0, 0.1) is 6.92 Å². The van der Waals surface area contributed by atoms with Crippen molar-refractivity contribution < 1.29 is 4.79 Å². The van der Waals surface area contributed by atoms with Gasteiger partial charge in [-0.2, -0.15) is 0 Å². The highest BCUT2D eigenvalue weighted by molar-refractivity contribution is 8.00. The van der Waals surface area contributed by atoms with Crippen molar-refractivity contribution in [3.63, 3.8) is 0 Å². The average molecular weight is 290 g/mol. The topological polar surface area (TPSA) is 70.7 Å². The molecule has 6 heteroatoms. The van der Waals surface area contributed by atoms with Crippen LogP contribution in [0.2, 0.25) is 0 Å². The van der Waals surface area contributed by atoms with Gasteiger partial charge in [-0.1, -0.05) is 42.1 Å². The number of aryl methyl sites for hydroxylation is 1. The molecule has 0 radical (unpaired) electrons. The molecule has 0 aliphatic heterocycles. The highest BCUT2D eigenvalue weighted by atomic mass is 32.2. The number of carbonyl (C=O) groups is 1. The van der Waals surface area contributed by atoms with Gasteiger partial charge in [0.05, 0.1) is 11.3 Å². The summed E-state index contributed by atoms with van der Waals surface area (Å²) in [6.45, 7) is 5.66. The predicted octanol–water partition coefficient (Wildman–Crippen LogP) is 2.47. The molecular formula is C14H18N4OS. The van der Waals surface area contributed by atoms with Gasteiger partial charge in [0.15, 0.2) is 0 Å². The summed E-state index contributed by atoms with van der Waals surface area (Å²) in [5.41, 5.74) is 1.09. The van der Waals surface area contributed by atoms with E-state index in [-0.39, 0.29) is 17.2 Å². The summed E-state index contributed by atoms with van der Waals surface area (Å²) in [4.78, 5) is 16.3. The molecule has 106 valence electrons. The smallest absolute Gasteiger partial charge is 0.233 e. The van der Waals surface area contributed by atoms with Gasteiger partial charge in [0.2, 0.25) is 11.1 Å². The lowest BCUT2D eigenvalue weighted by Crippen LogP contribution is -2.33. The van der Waals surface area contributed by atoms with Crippen molar-refractivity contribution in [1.29, 1.82) is 0 Å². The van der Waals surface area contributed by atoms with Crippen LogP contribution < -0.4 is 5.32 Å². The molecule has 1 aromatic heterocycles. The van der Waals surface area contributed by atoms with Crippen molar-refractivity contribution in [3.05, 3.63) is 41.7 Å². The van der Waals surface area contributed by atoms with E-state index in [1.165, 1.54) is 11.8 Å². The Morgan fingerprint density at radius 2 is 2.00 bits per heavy atom. The van der Waals surface area contributed by atoms with Gasteiger partial charge in [-0.15, -0.1) is 5.10 Å². The number of amides is 1. The van der Waals surface area contributed by atoms with E-state index in [0.29, 0.717) is 5.16 Å². The van der Waals surface area contributed by atoms with E-state index in [9.17, 15) is 4.79 Å². The van der Waals surface area contributed by atoms with E-state index in [1.807, 2.05) is 51.1 Å². The minimum absolute atomic E-state index is 0.0133. The lowest BCUT2D eigenvalue weighted by molar-refractivity contribution is -0.120. The van der Waals surface area contributed by atoms with Crippen LogP contribution in [0.1, 0.15) is 31.3 Å². The number of thioether (sulfide) groups is 1. The van der Waals surface area contributed by atoms with E-state index in [2.05, 4.69) is 20.5 Å². The SMILES string of the molecule is Cc1nc(SC(C)C(=O)NC(C)c2ccccc2)n[nH]1. The van der Waals surface area contributed by atoms with Gasteiger partial charge in [-0.05, 0) is 26.3 Å². The van der Waals surface area contributed by atoms with Gasteiger partial charge in [0, 0.05) is 0 Å². The van der Waals surface area contributed by atoms with Crippen LogP contribution in [-0.2, 0) is 4.79 Å². The van der Waals surface area contributed by atoms with Crippen LogP contribution >= 0.6 is 11.8 Å². The Kier molecular flexibility index (Phi) is 4.79. The van der Waals surface area contributed by atoms with Gasteiger partial charge < -0.3 is 5.32 Å². The molecule has 0 aliphatic rings. The molecule has 0 spiro atoms. The first-order valence-electron chi connectivity index (χ1n) is 6.47. The minimum Gasteiger partial charge on any atom is -0.349 e. The van der Waals surface area contributed by atoms with E-state index < -0.39 is 0 Å². The lowest BCUT2D eigenvalue weighted by atomic mass is 10.1. The van der Waals surface area contributed by atoms with Gasteiger partial charge >= 0.3 is 0 Å². The van der Waals surface area contributed by atoms with Crippen molar-refractivity contribution in [2.45, 2.75) is 37.2 Å². The summed E-state index contributed by atoms with van der Waals surface area (Å²) < 4.78 is 0. The summed E-state index contributed by atoms with van der Waals surface area (Å²) in [6.07, 6.45) is 0. The van der Waals surface area contributed by atoms with Gasteiger partial charge in [-0.3, -0.25) is 9.89 Å². The first kappa shape index (κ1) is 14.6. The second-order valence-electron chi connectivity index (χ2n) is 4.60. The number of nitrogens with zero attached hydrogens (tertiary/aromatic N) is 2. The number of aromatic amines is 1. The molecule has 2 rings (SSSR count). The summed E-state index contributed by atoms with van der Waals surface area (Å²) in [5.74, 6) is 0.728. The molecule has 0 aliphatic carbocycles. The molecule has 0 bridgehead atoms. The Bertz CT molecular complexity index is 570. The van der Waals surface area contributed by atoms with Gasteiger partial charge in [-0.25, -0.2) is 4.98 Å². The molecule has 2 aromatic rings. The zero-order chi connectivity index (χ0) is 14.5. The van der Waals surface area contributed by atoms with E-state index in [0.717, 1.165) is 11.4 Å². The maximum absolute atomic E-state index is 12.1. The number of aromatic nitrogens is 3. The molecule has 0 saturated carbocycles. The number of carbonyl (C=O) groups excluding carboxylic acids is 1. The van der Waals surface area contributed by atoms with E-state index >= 15 is 0 Å². The van der Waals surface area contributed by atoms with Crippen LogP contribution in [0.25, 0.3) is 0 Å². The number of nitrogens with one attached hydrogen (secondary N) is 2. The fourth-order valence-electron chi connectivity index (χ4n) is 1.74. The maximum atomic E-state index is 12.1. The zero-order valence-corrected chi connectivity index (χ0v) is 12.6. The van der Waals surface area contributed by atoms with Crippen molar-refractivity contribution in [3.8, 4) is 0 Å². The minimum atomic E-state index is -0.239. The summed E-state index contributed by atoms with van der Waals surface area (Å²) in [5, 5.41) is 10.1. The van der Waals surface area contributed by atoms with Gasteiger partial charge in [0.1, 0.15) is 5.82 Å². The van der Waals surface area contributed by atoms with E-state index in [4.69, 9.17) is 0 Å². The second-order valence-corrected chi connectivity index (χ2v) is 5.91. The number of hydrogen-bond donors (Lipinski definition) is 2. The Labute approximate surface area is 122 Å². The van der Waals surface area contributed by atoms with Crippen molar-refractivity contribution in [1.82, 2.24) is 20.5 Å². The average Bonchev–Trinajstić information content (AvgIpc) is 2.85. The van der Waals surface area contributed by atoms with E-state index in [1.54, 1.807) is 0 Å². The van der Waals surface area contributed by atoms with Crippen LogP contribution in [-0.4, -0.2) is 26.3 Å². The molecule has 1 heterocycles. The third-order valence-corrected chi connectivity index (χ3v) is 3.85. The van der Waals surface area contributed by atoms with Crippen LogP contribution in [0.4, 0.5) is 0 Å². The van der Waals surface area contributed by atoms with Crippen molar-refractivity contribution in [2.75, 3.05) is 0 Å². The lowest BCUT2D eigenvalue weighted by Gasteiger charge is -2.16.